The summed E-state index contributed by atoms with van der Waals surface area (Å²) < 4.78 is 5.02. The van der Waals surface area contributed by atoms with Crippen molar-refractivity contribution in [2.24, 2.45) is 0 Å². The van der Waals surface area contributed by atoms with Gasteiger partial charge in [0, 0.05) is 5.56 Å². The maximum absolute atomic E-state index is 5.41. The molecule has 0 amide bonds. The van der Waals surface area contributed by atoms with E-state index < -0.39 is 0 Å². The molecule has 1 aromatic heterocycles. The number of hydrogen-bond donors (Lipinski definition) is 1. The van der Waals surface area contributed by atoms with Crippen LogP contribution in [0, 0.1) is 0 Å². The summed E-state index contributed by atoms with van der Waals surface area (Å²) in [7, 11) is 0. The van der Waals surface area contributed by atoms with E-state index in [4.69, 9.17) is 10.3 Å². The monoisotopic (exact) mass is 201 g/mol. The van der Waals surface area contributed by atoms with Crippen LogP contribution in [0.25, 0.3) is 11.5 Å². The Morgan fingerprint density at radius 3 is 2.87 bits per heavy atom. The second-order valence-corrected chi connectivity index (χ2v) is 3.79. The van der Waals surface area contributed by atoms with E-state index >= 15 is 0 Å². The lowest BCUT2D eigenvalue weighted by Gasteiger charge is -1.99. The summed E-state index contributed by atoms with van der Waals surface area (Å²) in [6.07, 6.45) is 3.57. The van der Waals surface area contributed by atoms with Crippen molar-refractivity contribution in [3.05, 3.63) is 29.3 Å². The predicted molar refractivity (Wildman–Crippen MR) is 56.2 cm³/mol. The van der Waals surface area contributed by atoms with Crippen molar-refractivity contribution in [3.8, 4) is 11.5 Å². The van der Waals surface area contributed by atoms with Gasteiger partial charge >= 0.3 is 0 Å². The van der Waals surface area contributed by atoms with Gasteiger partial charge in [0.05, 0.1) is 0 Å². The van der Waals surface area contributed by atoms with E-state index in [9.17, 15) is 0 Å². The van der Waals surface area contributed by atoms with Crippen LogP contribution in [0.4, 0.5) is 5.95 Å². The molecule has 0 fully saturated rings. The largest absolute Gasteiger partial charge is 0.365 e. The number of nitrogens with zero attached hydrogens (tertiary/aromatic N) is 2. The third kappa shape index (κ3) is 1.38. The van der Waals surface area contributed by atoms with Crippen LogP contribution in [-0.4, -0.2) is 10.1 Å². The topological polar surface area (TPSA) is 64.9 Å². The molecular weight excluding hydrogens is 190 g/mol. The molecule has 1 aliphatic carbocycles. The maximum atomic E-state index is 5.41. The Kier molecular flexibility index (Phi) is 1.74. The average Bonchev–Trinajstić information content (AvgIpc) is 2.84. The molecule has 0 saturated heterocycles. The summed E-state index contributed by atoms with van der Waals surface area (Å²) in [5.41, 5.74) is 9.20. The fourth-order valence-electron chi connectivity index (χ4n) is 2.06. The van der Waals surface area contributed by atoms with Gasteiger partial charge in [-0.15, -0.1) is 0 Å². The third-order valence-corrected chi connectivity index (χ3v) is 2.79. The second-order valence-electron chi connectivity index (χ2n) is 3.79. The average molecular weight is 201 g/mol. The Bertz CT molecular complexity index is 504. The van der Waals surface area contributed by atoms with Crippen molar-refractivity contribution in [2.75, 3.05) is 5.73 Å². The molecule has 4 heteroatoms. The van der Waals surface area contributed by atoms with Gasteiger partial charge in [0.1, 0.15) is 0 Å². The number of aryl methyl sites for hydroxylation is 2. The normalized spacial score (nSPS) is 14.1. The minimum Gasteiger partial charge on any atom is -0.365 e. The van der Waals surface area contributed by atoms with Gasteiger partial charge in [-0.3, -0.25) is 0 Å². The van der Waals surface area contributed by atoms with E-state index in [0.29, 0.717) is 5.89 Å². The van der Waals surface area contributed by atoms with Crippen molar-refractivity contribution in [3.63, 3.8) is 0 Å². The number of rotatable bonds is 1. The van der Waals surface area contributed by atoms with Gasteiger partial charge in [0.25, 0.3) is 11.8 Å². The van der Waals surface area contributed by atoms with Gasteiger partial charge in [0.2, 0.25) is 0 Å². The third-order valence-electron chi connectivity index (χ3n) is 2.79. The van der Waals surface area contributed by atoms with Crippen molar-refractivity contribution >= 4 is 5.95 Å². The molecule has 76 valence electrons. The Labute approximate surface area is 87.1 Å². The first-order valence-corrected chi connectivity index (χ1v) is 5.04. The molecule has 1 heterocycles. The van der Waals surface area contributed by atoms with Gasteiger partial charge < -0.3 is 10.3 Å². The summed E-state index contributed by atoms with van der Waals surface area (Å²) >= 11 is 0. The van der Waals surface area contributed by atoms with Gasteiger partial charge in [-0.05, 0) is 47.7 Å². The van der Waals surface area contributed by atoms with Crippen LogP contribution in [0.3, 0.4) is 0 Å². The number of benzene rings is 1. The van der Waals surface area contributed by atoms with E-state index in [-0.39, 0.29) is 5.95 Å². The molecule has 0 saturated carbocycles. The smallest absolute Gasteiger partial charge is 0.261 e. The lowest BCUT2D eigenvalue weighted by atomic mass is 10.1. The van der Waals surface area contributed by atoms with Crippen molar-refractivity contribution in [1.82, 2.24) is 10.1 Å². The van der Waals surface area contributed by atoms with Crippen LogP contribution in [0.2, 0.25) is 0 Å². The molecule has 4 nitrogen and oxygen atoms in total. The van der Waals surface area contributed by atoms with E-state index in [1.165, 1.54) is 24.0 Å². The summed E-state index contributed by atoms with van der Waals surface area (Å²) in [4.78, 5) is 4.01. The van der Waals surface area contributed by atoms with E-state index in [0.717, 1.165) is 12.0 Å². The van der Waals surface area contributed by atoms with Crippen LogP contribution in [-0.2, 0) is 12.8 Å². The summed E-state index contributed by atoms with van der Waals surface area (Å²) in [5.74, 6) is 0.688. The molecule has 2 aromatic rings. The Morgan fingerprint density at radius 2 is 2.07 bits per heavy atom. The molecule has 0 spiro atoms. The summed E-state index contributed by atoms with van der Waals surface area (Å²) in [6, 6.07) is 6.27. The zero-order valence-electron chi connectivity index (χ0n) is 8.23. The zero-order valence-corrected chi connectivity index (χ0v) is 8.23. The molecule has 15 heavy (non-hydrogen) atoms. The molecule has 0 bridgehead atoms. The van der Waals surface area contributed by atoms with Crippen LogP contribution < -0.4 is 5.73 Å². The summed E-state index contributed by atoms with van der Waals surface area (Å²) in [6.45, 7) is 0. The van der Waals surface area contributed by atoms with Gasteiger partial charge in [0.15, 0.2) is 0 Å². The van der Waals surface area contributed by atoms with Crippen molar-refractivity contribution in [2.45, 2.75) is 19.3 Å². The molecule has 1 aromatic carbocycles. The number of nitrogen functional groups attached to an aromatic ring is 1. The number of aromatic nitrogens is 2. The Hall–Kier alpha value is -1.84. The molecular formula is C11H11N3O. The van der Waals surface area contributed by atoms with Gasteiger partial charge in [-0.25, -0.2) is 0 Å². The number of hydrogen-bond acceptors (Lipinski definition) is 4. The molecule has 1 aliphatic rings. The van der Waals surface area contributed by atoms with E-state index in [1.54, 1.807) is 0 Å². The van der Waals surface area contributed by atoms with Crippen molar-refractivity contribution in [1.29, 1.82) is 0 Å². The fourth-order valence-corrected chi connectivity index (χ4v) is 2.06. The first-order valence-electron chi connectivity index (χ1n) is 5.04. The zero-order chi connectivity index (χ0) is 10.3. The Morgan fingerprint density at radius 1 is 1.20 bits per heavy atom. The van der Waals surface area contributed by atoms with Crippen LogP contribution in [0.5, 0.6) is 0 Å². The number of nitrogens with two attached hydrogens (primary N) is 1. The van der Waals surface area contributed by atoms with Crippen LogP contribution >= 0.6 is 0 Å². The minimum atomic E-state index is 0.186. The molecule has 0 atom stereocenters. The van der Waals surface area contributed by atoms with Gasteiger partial charge in [-0.1, -0.05) is 6.07 Å². The highest BCUT2D eigenvalue weighted by Crippen LogP contribution is 2.27. The van der Waals surface area contributed by atoms with E-state index in [1.807, 2.05) is 6.07 Å². The quantitative estimate of drug-likeness (QED) is 0.764. The highest BCUT2D eigenvalue weighted by Gasteiger charge is 2.13. The minimum absolute atomic E-state index is 0.186. The maximum Gasteiger partial charge on any atom is 0.261 e. The number of fused-ring (bicyclic) bond motifs is 1. The van der Waals surface area contributed by atoms with Crippen LogP contribution in [0.15, 0.2) is 22.7 Å². The van der Waals surface area contributed by atoms with Crippen molar-refractivity contribution < 1.29 is 4.52 Å². The second kappa shape index (κ2) is 3.08. The summed E-state index contributed by atoms with van der Waals surface area (Å²) in [5, 5.41) is 3.58. The molecule has 0 radical (unpaired) electrons. The van der Waals surface area contributed by atoms with Crippen LogP contribution in [0.1, 0.15) is 17.5 Å². The first kappa shape index (κ1) is 8.47. The lowest BCUT2D eigenvalue weighted by Crippen LogP contribution is -1.87. The molecule has 2 N–H and O–H groups in total. The lowest BCUT2D eigenvalue weighted by molar-refractivity contribution is 0.433. The highest BCUT2D eigenvalue weighted by atomic mass is 16.5. The Balaban J connectivity index is 2.06. The first-order chi connectivity index (χ1) is 7.33. The molecule has 3 rings (SSSR count). The fraction of sp³-hybridized carbons (Fsp3) is 0.273. The SMILES string of the molecule is Nc1noc(-c2ccc3c(c2)CCC3)n1. The van der Waals surface area contributed by atoms with E-state index in [2.05, 4.69) is 22.3 Å². The predicted octanol–water partition coefficient (Wildman–Crippen LogP) is 1.81. The standard InChI is InChI=1S/C11H11N3O/c12-11-13-10(15-14-11)9-5-4-7-2-1-3-8(7)6-9/h4-6H,1-3H2,(H2,12,14). The molecule has 0 unspecified atom stereocenters. The molecule has 0 aliphatic heterocycles. The number of anilines is 1. The van der Waals surface area contributed by atoms with Gasteiger partial charge in [-0.2, -0.15) is 4.98 Å². The highest BCUT2D eigenvalue weighted by molar-refractivity contribution is 5.57.